The number of hydrogen-bond acceptors (Lipinski definition) is 5. The Morgan fingerprint density at radius 1 is 1.10 bits per heavy atom. The van der Waals surface area contributed by atoms with Crippen LogP contribution in [0, 0.1) is 5.82 Å². The molecule has 1 aliphatic rings. The molecule has 12 heteroatoms. The molecule has 1 aromatic heterocycles. The lowest BCUT2D eigenvalue weighted by Gasteiger charge is -2.32. The van der Waals surface area contributed by atoms with Gasteiger partial charge in [-0.1, -0.05) is 35.3 Å². The molecule has 0 aliphatic carbocycles. The summed E-state index contributed by atoms with van der Waals surface area (Å²) >= 11 is 12.2. The zero-order valence-electron chi connectivity index (χ0n) is 21.9. The van der Waals surface area contributed by atoms with Gasteiger partial charge in [0, 0.05) is 17.6 Å². The summed E-state index contributed by atoms with van der Waals surface area (Å²) in [5, 5.41) is 10.1. The van der Waals surface area contributed by atoms with Crippen molar-refractivity contribution in [3.63, 3.8) is 0 Å². The van der Waals surface area contributed by atoms with E-state index in [1.54, 1.807) is 29.8 Å². The summed E-state index contributed by atoms with van der Waals surface area (Å²) in [6, 6.07) is 12.5. The third kappa shape index (κ3) is 6.55. The molecule has 1 saturated heterocycles. The van der Waals surface area contributed by atoms with Crippen molar-refractivity contribution in [3.05, 3.63) is 86.9 Å². The second kappa shape index (κ2) is 12.2. The van der Waals surface area contributed by atoms with Crippen molar-refractivity contribution in [2.45, 2.75) is 38.5 Å². The number of aromatic carboxylic acids is 1. The Morgan fingerprint density at radius 3 is 2.54 bits per heavy atom. The van der Waals surface area contributed by atoms with E-state index in [9.17, 15) is 23.1 Å². The number of rotatable bonds is 9. The highest BCUT2D eigenvalue weighted by Crippen LogP contribution is 2.35. The Bertz CT molecular complexity index is 1590. The molecule has 7 nitrogen and oxygen atoms in total. The third-order valence-electron chi connectivity index (χ3n) is 7.28. The van der Waals surface area contributed by atoms with Gasteiger partial charge in [0.25, 0.3) is 0 Å². The van der Waals surface area contributed by atoms with Crippen LogP contribution in [0.3, 0.4) is 0 Å². The first-order valence-corrected chi connectivity index (χ1v) is 13.6. The van der Waals surface area contributed by atoms with Crippen LogP contribution >= 0.6 is 23.2 Å². The molecule has 0 atom stereocenters. The first kappa shape index (κ1) is 29.0. The maximum atomic E-state index is 14.2. The number of halogens is 5. The van der Waals surface area contributed by atoms with Gasteiger partial charge < -0.3 is 19.1 Å². The quantitative estimate of drug-likeness (QED) is 0.215. The van der Waals surface area contributed by atoms with Crippen LogP contribution in [0.25, 0.3) is 11.0 Å². The number of fused-ring (bicyclic) bond motifs is 1. The molecule has 1 fully saturated rings. The molecule has 4 aromatic rings. The fraction of sp³-hybridized carbons (Fsp3) is 0.310. The van der Waals surface area contributed by atoms with Crippen molar-refractivity contribution in [1.82, 2.24) is 14.5 Å². The van der Waals surface area contributed by atoms with Crippen molar-refractivity contribution >= 4 is 40.2 Å². The fourth-order valence-electron chi connectivity index (χ4n) is 5.06. The van der Waals surface area contributed by atoms with E-state index < -0.39 is 18.4 Å². The largest absolute Gasteiger partial charge is 0.487 e. The molecule has 3 aromatic carbocycles. The van der Waals surface area contributed by atoms with Crippen molar-refractivity contribution in [3.8, 4) is 11.5 Å². The molecule has 216 valence electrons. The number of likely N-dealkylation sites (tertiary alicyclic amines) is 1. The number of alkyl halides is 2. The maximum Gasteiger partial charge on any atom is 0.387 e. The second-order valence-electron chi connectivity index (χ2n) is 9.88. The number of aromatic nitrogens is 2. The van der Waals surface area contributed by atoms with Gasteiger partial charge in [0.2, 0.25) is 0 Å². The number of carbonyl (C=O) groups is 1. The Morgan fingerprint density at radius 2 is 1.85 bits per heavy atom. The molecular weight excluding hydrogens is 582 g/mol. The van der Waals surface area contributed by atoms with E-state index in [2.05, 4.69) is 14.6 Å². The van der Waals surface area contributed by atoms with Gasteiger partial charge in [-0.05, 0) is 73.8 Å². The van der Waals surface area contributed by atoms with Crippen LogP contribution in [0.5, 0.6) is 11.5 Å². The molecule has 0 spiro atoms. The Hall–Kier alpha value is -3.47. The summed E-state index contributed by atoms with van der Waals surface area (Å²) in [6.07, 6.45) is 1.69. The van der Waals surface area contributed by atoms with E-state index in [-0.39, 0.29) is 29.4 Å². The molecule has 0 saturated carbocycles. The topological polar surface area (TPSA) is 76.8 Å². The Labute approximate surface area is 244 Å². The van der Waals surface area contributed by atoms with Crippen LogP contribution in [0.4, 0.5) is 13.2 Å². The van der Waals surface area contributed by atoms with Gasteiger partial charge in [0.15, 0.2) is 5.75 Å². The average Bonchev–Trinajstić information content (AvgIpc) is 3.24. The number of piperidine rings is 1. The molecule has 2 heterocycles. The summed E-state index contributed by atoms with van der Waals surface area (Å²) < 4.78 is 52.3. The van der Waals surface area contributed by atoms with Crippen molar-refractivity contribution in [2.75, 3.05) is 13.1 Å². The predicted octanol–water partition coefficient (Wildman–Crippen LogP) is 7.28. The van der Waals surface area contributed by atoms with E-state index in [1.165, 1.54) is 12.1 Å². The Kier molecular flexibility index (Phi) is 8.63. The number of carboxylic acids is 1. The smallest absolute Gasteiger partial charge is 0.387 e. The Balaban J connectivity index is 1.26. The van der Waals surface area contributed by atoms with Crippen LogP contribution in [-0.2, 0) is 20.2 Å². The number of ether oxygens (including phenoxy) is 2. The number of hydrogen-bond donors (Lipinski definition) is 1. The van der Waals surface area contributed by atoms with Gasteiger partial charge in [0.1, 0.15) is 29.5 Å². The van der Waals surface area contributed by atoms with Crippen molar-refractivity contribution in [2.24, 2.45) is 7.05 Å². The first-order valence-electron chi connectivity index (χ1n) is 12.8. The molecular formula is C29H26Cl2F3N3O4. The van der Waals surface area contributed by atoms with E-state index in [4.69, 9.17) is 27.9 Å². The molecule has 0 amide bonds. The summed E-state index contributed by atoms with van der Waals surface area (Å²) in [7, 11) is 1.72. The number of nitrogens with zero attached hydrogens (tertiary/aromatic N) is 3. The van der Waals surface area contributed by atoms with E-state index in [0.29, 0.717) is 39.2 Å². The monoisotopic (exact) mass is 607 g/mol. The third-order valence-corrected chi connectivity index (χ3v) is 7.83. The van der Waals surface area contributed by atoms with Gasteiger partial charge in [-0.15, -0.1) is 0 Å². The average molecular weight is 608 g/mol. The molecule has 5 rings (SSSR count). The SMILES string of the molecule is Cn1c(CN2CCC(c3ccc(Cl)c(OCc4ccc(Cl)cc4F)c3)CC2)nc2c(OC(F)F)cc(C(=O)O)cc21. The fourth-order valence-corrected chi connectivity index (χ4v) is 5.39. The zero-order chi connectivity index (χ0) is 29.3. The predicted molar refractivity (Wildman–Crippen MR) is 149 cm³/mol. The summed E-state index contributed by atoms with van der Waals surface area (Å²) in [5.41, 5.74) is 1.87. The first-order chi connectivity index (χ1) is 19.6. The van der Waals surface area contributed by atoms with Gasteiger partial charge in [-0.25, -0.2) is 14.2 Å². The zero-order valence-corrected chi connectivity index (χ0v) is 23.4. The lowest BCUT2D eigenvalue weighted by molar-refractivity contribution is -0.0489. The van der Waals surface area contributed by atoms with E-state index >= 15 is 0 Å². The molecule has 41 heavy (non-hydrogen) atoms. The molecule has 0 unspecified atom stereocenters. The highest BCUT2D eigenvalue weighted by atomic mass is 35.5. The standard InChI is InChI=1S/C29H26Cl2F3N3O4/c1-36-23-10-19(28(38)39)12-25(41-29(33)34)27(23)35-26(36)14-37-8-6-16(7-9-37)17-3-5-21(31)24(11-17)40-15-18-2-4-20(30)13-22(18)32/h2-5,10-13,16,29H,6-9,14-15H2,1H3,(H,38,39). The minimum absolute atomic E-state index is 0.0145. The highest BCUT2D eigenvalue weighted by molar-refractivity contribution is 6.32. The number of benzene rings is 3. The molecule has 1 N–H and O–H groups in total. The summed E-state index contributed by atoms with van der Waals surface area (Å²) in [5.74, 6) is -0.626. The number of carboxylic acid groups (broad SMARTS) is 1. The maximum absolute atomic E-state index is 14.2. The van der Waals surface area contributed by atoms with Crippen molar-refractivity contribution < 1.29 is 32.5 Å². The summed E-state index contributed by atoms with van der Waals surface area (Å²) in [6.45, 7) is -1.13. The van der Waals surface area contributed by atoms with E-state index in [1.807, 2.05) is 12.1 Å². The molecule has 0 bridgehead atoms. The normalized spacial score (nSPS) is 14.6. The van der Waals surface area contributed by atoms with Crippen LogP contribution < -0.4 is 9.47 Å². The summed E-state index contributed by atoms with van der Waals surface area (Å²) in [4.78, 5) is 18.2. The van der Waals surface area contributed by atoms with Gasteiger partial charge in [0.05, 0.1) is 22.6 Å². The minimum atomic E-state index is -3.11. The minimum Gasteiger partial charge on any atom is -0.487 e. The van der Waals surface area contributed by atoms with Crippen LogP contribution in [0.1, 0.15) is 46.1 Å². The molecule has 1 aliphatic heterocycles. The van der Waals surface area contributed by atoms with Crippen LogP contribution in [0.15, 0.2) is 48.5 Å². The van der Waals surface area contributed by atoms with Crippen LogP contribution in [0.2, 0.25) is 10.0 Å². The van der Waals surface area contributed by atoms with Gasteiger partial charge in [-0.3, -0.25) is 4.90 Å². The number of aryl methyl sites for hydroxylation is 1. The lowest BCUT2D eigenvalue weighted by atomic mass is 9.89. The highest BCUT2D eigenvalue weighted by Gasteiger charge is 2.24. The van der Waals surface area contributed by atoms with Gasteiger partial charge in [-0.2, -0.15) is 8.78 Å². The van der Waals surface area contributed by atoms with Crippen molar-refractivity contribution in [1.29, 1.82) is 0 Å². The lowest BCUT2D eigenvalue weighted by Crippen LogP contribution is -2.33. The number of imidazole rings is 1. The van der Waals surface area contributed by atoms with Gasteiger partial charge >= 0.3 is 12.6 Å². The van der Waals surface area contributed by atoms with Crippen LogP contribution in [-0.4, -0.2) is 45.2 Å². The van der Waals surface area contributed by atoms with E-state index in [0.717, 1.165) is 37.6 Å². The molecule has 0 radical (unpaired) electrons. The second-order valence-corrected chi connectivity index (χ2v) is 10.7.